The van der Waals surface area contributed by atoms with Crippen molar-refractivity contribution in [3.63, 3.8) is 0 Å². The SMILES string of the molecule is CC1CC(C)(C)CN1c1ccc(F)c(F)c1OC(F)F. The van der Waals surface area contributed by atoms with Gasteiger partial charge in [0.05, 0.1) is 5.69 Å². The molecule has 1 saturated heterocycles. The summed E-state index contributed by atoms with van der Waals surface area (Å²) in [6.45, 7) is 3.37. The molecule has 1 unspecified atom stereocenters. The highest BCUT2D eigenvalue weighted by Gasteiger charge is 2.37. The number of ether oxygens (including phenoxy) is 1. The van der Waals surface area contributed by atoms with Crippen molar-refractivity contribution in [3.8, 4) is 5.75 Å². The number of hydrogen-bond acceptors (Lipinski definition) is 2. The van der Waals surface area contributed by atoms with Crippen LogP contribution in [0.4, 0.5) is 23.2 Å². The maximum absolute atomic E-state index is 13.7. The average molecular weight is 291 g/mol. The van der Waals surface area contributed by atoms with Crippen molar-refractivity contribution in [3.05, 3.63) is 23.8 Å². The second-order valence-electron chi connectivity index (χ2n) is 5.93. The van der Waals surface area contributed by atoms with E-state index in [0.29, 0.717) is 6.54 Å². The Morgan fingerprint density at radius 1 is 1.30 bits per heavy atom. The van der Waals surface area contributed by atoms with Gasteiger partial charge in [-0.25, -0.2) is 4.39 Å². The van der Waals surface area contributed by atoms with Crippen molar-refractivity contribution in [1.82, 2.24) is 0 Å². The molecular formula is C14H17F4NO. The number of benzene rings is 1. The van der Waals surface area contributed by atoms with Gasteiger partial charge >= 0.3 is 6.61 Å². The first kappa shape index (κ1) is 14.9. The number of rotatable bonds is 3. The van der Waals surface area contributed by atoms with Gasteiger partial charge in [0.25, 0.3) is 0 Å². The largest absolute Gasteiger partial charge is 0.429 e. The number of nitrogens with zero attached hydrogens (tertiary/aromatic N) is 1. The molecule has 0 saturated carbocycles. The quantitative estimate of drug-likeness (QED) is 0.774. The fraction of sp³-hybridized carbons (Fsp3) is 0.571. The zero-order chi connectivity index (χ0) is 15.1. The van der Waals surface area contributed by atoms with Gasteiger partial charge in [0.1, 0.15) is 0 Å². The minimum Gasteiger partial charge on any atom is -0.429 e. The number of alkyl halides is 2. The highest BCUT2D eigenvalue weighted by molar-refractivity contribution is 5.61. The van der Waals surface area contributed by atoms with Crippen LogP contribution in [0.15, 0.2) is 12.1 Å². The maximum Gasteiger partial charge on any atom is 0.387 e. The Labute approximate surface area is 115 Å². The van der Waals surface area contributed by atoms with Crippen LogP contribution in [-0.4, -0.2) is 19.2 Å². The summed E-state index contributed by atoms with van der Waals surface area (Å²) < 4.78 is 56.0. The molecule has 1 aromatic carbocycles. The second kappa shape index (κ2) is 5.14. The molecule has 0 radical (unpaired) electrons. The summed E-state index contributed by atoms with van der Waals surface area (Å²) >= 11 is 0. The Bertz CT molecular complexity index is 504. The van der Waals surface area contributed by atoms with E-state index in [2.05, 4.69) is 4.74 Å². The van der Waals surface area contributed by atoms with Crippen LogP contribution in [0, 0.1) is 17.0 Å². The molecule has 0 amide bonds. The van der Waals surface area contributed by atoms with Crippen molar-refractivity contribution in [2.24, 2.45) is 5.41 Å². The maximum atomic E-state index is 13.7. The van der Waals surface area contributed by atoms with E-state index in [1.54, 1.807) is 4.90 Å². The van der Waals surface area contributed by atoms with Gasteiger partial charge in [-0.05, 0) is 30.9 Å². The molecular weight excluding hydrogens is 274 g/mol. The van der Waals surface area contributed by atoms with Gasteiger partial charge in [-0.2, -0.15) is 13.2 Å². The van der Waals surface area contributed by atoms with Crippen LogP contribution in [0.25, 0.3) is 0 Å². The second-order valence-corrected chi connectivity index (χ2v) is 5.93. The summed E-state index contributed by atoms with van der Waals surface area (Å²) in [6, 6.07) is 2.25. The minimum atomic E-state index is -3.20. The normalized spacial score (nSPS) is 21.6. The first-order valence-electron chi connectivity index (χ1n) is 6.41. The van der Waals surface area contributed by atoms with Crippen molar-refractivity contribution in [2.45, 2.75) is 39.8 Å². The zero-order valence-electron chi connectivity index (χ0n) is 11.6. The van der Waals surface area contributed by atoms with E-state index in [1.807, 2.05) is 20.8 Å². The predicted octanol–water partition coefficient (Wildman–Crippen LogP) is 4.19. The lowest BCUT2D eigenvalue weighted by molar-refractivity contribution is -0.0521. The Morgan fingerprint density at radius 3 is 2.45 bits per heavy atom. The van der Waals surface area contributed by atoms with E-state index in [0.717, 1.165) is 12.5 Å². The average Bonchev–Trinajstić information content (AvgIpc) is 2.58. The summed E-state index contributed by atoms with van der Waals surface area (Å²) in [6.07, 6.45) is 0.833. The highest BCUT2D eigenvalue weighted by Crippen LogP contribution is 2.42. The van der Waals surface area contributed by atoms with Crippen LogP contribution < -0.4 is 9.64 Å². The summed E-state index contributed by atoms with van der Waals surface area (Å²) in [5.41, 5.74) is 0.147. The molecule has 0 spiro atoms. The van der Waals surface area contributed by atoms with Gasteiger partial charge in [-0.15, -0.1) is 0 Å². The Kier molecular flexibility index (Phi) is 3.84. The predicted molar refractivity (Wildman–Crippen MR) is 68.2 cm³/mol. The molecule has 1 atom stereocenters. The van der Waals surface area contributed by atoms with Crippen LogP contribution in [-0.2, 0) is 0 Å². The van der Waals surface area contributed by atoms with Crippen molar-refractivity contribution >= 4 is 5.69 Å². The lowest BCUT2D eigenvalue weighted by Crippen LogP contribution is -2.28. The van der Waals surface area contributed by atoms with E-state index in [-0.39, 0.29) is 17.1 Å². The molecule has 1 fully saturated rings. The zero-order valence-corrected chi connectivity index (χ0v) is 11.6. The van der Waals surface area contributed by atoms with Crippen molar-refractivity contribution < 1.29 is 22.3 Å². The van der Waals surface area contributed by atoms with Gasteiger partial charge in [0, 0.05) is 12.6 Å². The van der Waals surface area contributed by atoms with Crippen LogP contribution in [0.3, 0.4) is 0 Å². The van der Waals surface area contributed by atoms with Crippen LogP contribution in [0.2, 0.25) is 0 Å². The molecule has 0 N–H and O–H groups in total. The fourth-order valence-electron chi connectivity index (χ4n) is 2.86. The molecule has 112 valence electrons. The number of hydrogen-bond donors (Lipinski definition) is 0. The molecule has 20 heavy (non-hydrogen) atoms. The molecule has 0 aromatic heterocycles. The van der Waals surface area contributed by atoms with E-state index < -0.39 is 24.0 Å². The first-order chi connectivity index (χ1) is 9.21. The summed E-state index contributed by atoms with van der Waals surface area (Å²) in [5, 5.41) is 0. The molecule has 1 aromatic rings. The van der Waals surface area contributed by atoms with Gasteiger partial charge in [0.2, 0.25) is 5.82 Å². The monoisotopic (exact) mass is 291 g/mol. The smallest absolute Gasteiger partial charge is 0.387 e. The van der Waals surface area contributed by atoms with Crippen LogP contribution in [0.1, 0.15) is 27.2 Å². The van der Waals surface area contributed by atoms with Gasteiger partial charge < -0.3 is 9.64 Å². The summed E-state index contributed by atoms with van der Waals surface area (Å²) in [4.78, 5) is 1.78. The molecule has 1 heterocycles. The number of anilines is 1. The third-order valence-corrected chi connectivity index (χ3v) is 3.52. The first-order valence-corrected chi connectivity index (χ1v) is 6.41. The summed E-state index contributed by atoms with van der Waals surface area (Å²) in [5.74, 6) is -3.29. The molecule has 6 heteroatoms. The third kappa shape index (κ3) is 2.83. The Morgan fingerprint density at radius 2 is 1.95 bits per heavy atom. The third-order valence-electron chi connectivity index (χ3n) is 3.52. The van der Waals surface area contributed by atoms with Crippen molar-refractivity contribution in [1.29, 1.82) is 0 Å². The van der Waals surface area contributed by atoms with Crippen LogP contribution in [0.5, 0.6) is 5.75 Å². The molecule has 1 aliphatic heterocycles. The topological polar surface area (TPSA) is 12.5 Å². The lowest BCUT2D eigenvalue weighted by atomic mass is 9.91. The van der Waals surface area contributed by atoms with E-state index in [4.69, 9.17) is 0 Å². The fourth-order valence-corrected chi connectivity index (χ4v) is 2.86. The van der Waals surface area contributed by atoms with Gasteiger partial charge in [0.15, 0.2) is 11.6 Å². The van der Waals surface area contributed by atoms with Gasteiger partial charge in [-0.3, -0.25) is 0 Å². The molecule has 0 aliphatic carbocycles. The standard InChI is InChI=1S/C14H17F4NO/c1-8-6-14(2,3)7-19(8)10-5-4-9(15)11(16)12(10)20-13(17)18/h4-5,8,13H,6-7H2,1-3H3. The van der Waals surface area contributed by atoms with E-state index in [9.17, 15) is 17.6 Å². The van der Waals surface area contributed by atoms with E-state index >= 15 is 0 Å². The molecule has 1 aliphatic rings. The number of halogens is 4. The lowest BCUT2D eigenvalue weighted by Gasteiger charge is -2.27. The molecule has 2 rings (SSSR count). The summed E-state index contributed by atoms with van der Waals surface area (Å²) in [7, 11) is 0. The molecule has 0 bridgehead atoms. The minimum absolute atomic E-state index is 0.0214. The van der Waals surface area contributed by atoms with Crippen molar-refractivity contribution in [2.75, 3.05) is 11.4 Å². The van der Waals surface area contributed by atoms with Gasteiger partial charge in [-0.1, -0.05) is 13.8 Å². The molecule has 2 nitrogen and oxygen atoms in total. The van der Waals surface area contributed by atoms with E-state index in [1.165, 1.54) is 6.07 Å². The highest BCUT2D eigenvalue weighted by atomic mass is 19.3. The Hall–Kier alpha value is -1.46. The Balaban J connectivity index is 2.43. The van der Waals surface area contributed by atoms with Crippen LogP contribution >= 0.6 is 0 Å².